The average Bonchev–Trinajstić information content (AvgIpc) is 2.84. The van der Waals surface area contributed by atoms with E-state index in [1.54, 1.807) is 0 Å². The normalized spacial score (nSPS) is 28.1. The highest BCUT2D eigenvalue weighted by Gasteiger charge is 2.47. The molecule has 2 atom stereocenters. The number of sulfone groups is 1. The zero-order chi connectivity index (χ0) is 15.9. The summed E-state index contributed by atoms with van der Waals surface area (Å²) in [4.78, 5) is 18.2. The Balaban J connectivity index is 1.70. The van der Waals surface area contributed by atoms with Gasteiger partial charge in [0.15, 0.2) is 15.0 Å². The molecule has 0 bridgehead atoms. The fourth-order valence-corrected chi connectivity index (χ4v) is 6.89. The number of benzene rings is 1. The number of aliphatic imine (C=N–C) groups is 1. The molecular weight excluding hydrogens is 320 g/mol. The van der Waals surface area contributed by atoms with Gasteiger partial charge in [-0.2, -0.15) is 4.99 Å². The Labute approximate surface area is 134 Å². The maximum Gasteiger partial charge on any atom is 0.252 e. The maximum atomic E-state index is 12.1. The van der Waals surface area contributed by atoms with E-state index in [2.05, 4.69) is 4.99 Å². The molecule has 0 aliphatic carbocycles. The lowest BCUT2D eigenvalue weighted by atomic mass is 10.1. The van der Waals surface area contributed by atoms with Crippen molar-refractivity contribution in [1.82, 2.24) is 4.90 Å². The van der Waals surface area contributed by atoms with Gasteiger partial charge in [0.1, 0.15) is 0 Å². The van der Waals surface area contributed by atoms with Crippen LogP contribution in [0, 0.1) is 6.92 Å². The van der Waals surface area contributed by atoms with Crippen molar-refractivity contribution in [3.63, 3.8) is 0 Å². The minimum atomic E-state index is -2.95. The highest BCUT2D eigenvalue weighted by atomic mass is 32.2. The van der Waals surface area contributed by atoms with E-state index in [1.165, 1.54) is 11.8 Å². The summed E-state index contributed by atoms with van der Waals surface area (Å²) in [5.74, 6) is 0.145. The summed E-state index contributed by atoms with van der Waals surface area (Å²) in [7, 11) is -1.13. The molecule has 22 heavy (non-hydrogen) atoms. The number of amides is 1. The lowest BCUT2D eigenvalue weighted by molar-refractivity contribution is -0.117. The van der Waals surface area contributed by atoms with Crippen LogP contribution in [0.1, 0.15) is 11.1 Å². The van der Waals surface area contributed by atoms with Crippen LogP contribution in [0.15, 0.2) is 29.3 Å². The van der Waals surface area contributed by atoms with Gasteiger partial charge in [0.25, 0.3) is 5.91 Å². The van der Waals surface area contributed by atoms with E-state index in [0.29, 0.717) is 5.17 Å². The predicted molar refractivity (Wildman–Crippen MR) is 88.9 cm³/mol. The molecule has 2 fully saturated rings. The number of rotatable bonds is 2. The predicted octanol–water partition coefficient (Wildman–Crippen LogP) is 1.26. The van der Waals surface area contributed by atoms with Gasteiger partial charge in [-0.3, -0.25) is 4.79 Å². The summed E-state index contributed by atoms with van der Waals surface area (Å²) < 4.78 is 23.3. The van der Waals surface area contributed by atoms with Crippen LogP contribution in [0.25, 0.3) is 0 Å². The largest absolute Gasteiger partial charge is 0.349 e. The van der Waals surface area contributed by atoms with Crippen molar-refractivity contribution in [1.29, 1.82) is 0 Å². The minimum absolute atomic E-state index is 0.000481. The molecule has 0 aromatic heterocycles. The molecule has 0 spiro atoms. The number of nitrogens with zero attached hydrogens (tertiary/aromatic N) is 2. The molecule has 1 amide bonds. The average molecular weight is 338 g/mol. The number of carbonyl (C=O) groups excluding carboxylic acids is 1. The zero-order valence-electron chi connectivity index (χ0n) is 12.5. The van der Waals surface area contributed by atoms with E-state index in [-0.39, 0.29) is 35.1 Å². The smallest absolute Gasteiger partial charge is 0.252 e. The van der Waals surface area contributed by atoms with Crippen LogP contribution in [0.3, 0.4) is 0 Å². The molecule has 5 nitrogen and oxygen atoms in total. The third kappa shape index (κ3) is 3.20. The van der Waals surface area contributed by atoms with Gasteiger partial charge in [-0.15, -0.1) is 0 Å². The first-order valence-corrected chi connectivity index (χ1v) is 9.81. The van der Waals surface area contributed by atoms with Gasteiger partial charge >= 0.3 is 0 Å². The number of thioether (sulfide) groups is 1. The Bertz CT molecular complexity index is 743. The summed E-state index contributed by atoms with van der Waals surface area (Å²) >= 11 is 1.41. The Kier molecular flexibility index (Phi) is 4.03. The lowest BCUT2D eigenvalue weighted by Gasteiger charge is -2.17. The third-order valence-corrected chi connectivity index (χ3v) is 7.29. The molecule has 1 aromatic carbocycles. The highest BCUT2D eigenvalue weighted by Crippen LogP contribution is 2.36. The van der Waals surface area contributed by atoms with Crippen LogP contribution in [0.5, 0.6) is 0 Å². The molecule has 118 valence electrons. The van der Waals surface area contributed by atoms with E-state index in [0.717, 1.165) is 11.1 Å². The molecule has 2 saturated heterocycles. The van der Waals surface area contributed by atoms with E-state index in [1.807, 2.05) is 43.1 Å². The van der Waals surface area contributed by atoms with Crippen LogP contribution in [-0.2, 0) is 21.1 Å². The molecule has 0 unspecified atom stereocenters. The first-order chi connectivity index (χ1) is 10.3. The SMILES string of the molecule is Cc1cccc(CC(=O)N=C2S[C@@H]3CS(=O)(=O)C[C@@H]3N2C)c1. The van der Waals surface area contributed by atoms with E-state index in [4.69, 9.17) is 0 Å². The van der Waals surface area contributed by atoms with Crippen molar-refractivity contribution in [3.05, 3.63) is 35.4 Å². The number of hydrogen-bond acceptors (Lipinski definition) is 4. The number of carbonyl (C=O) groups is 1. The molecule has 2 aliphatic heterocycles. The molecule has 7 heteroatoms. The summed E-state index contributed by atoms with van der Waals surface area (Å²) in [6, 6.07) is 7.75. The van der Waals surface area contributed by atoms with Gasteiger partial charge in [-0.05, 0) is 12.5 Å². The van der Waals surface area contributed by atoms with Crippen molar-refractivity contribution < 1.29 is 13.2 Å². The summed E-state index contributed by atoms with van der Waals surface area (Å²) in [5.41, 5.74) is 2.06. The molecule has 0 N–H and O–H groups in total. The van der Waals surface area contributed by atoms with Gasteiger partial charge in [-0.1, -0.05) is 41.6 Å². The molecule has 3 rings (SSSR count). The Morgan fingerprint density at radius 1 is 1.41 bits per heavy atom. The standard InChI is InChI=1S/C15H18N2O3S2/c1-10-4-3-5-11(6-10)7-14(18)16-15-17(2)12-8-22(19,20)9-13(12)21-15/h3-6,12-13H,7-9H2,1-2H3/t12-,13+/m0/s1. The van der Waals surface area contributed by atoms with Crippen LogP contribution in [0.4, 0.5) is 0 Å². The number of hydrogen-bond donors (Lipinski definition) is 0. The Morgan fingerprint density at radius 3 is 2.86 bits per heavy atom. The van der Waals surface area contributed by atoms with Crippen LogP contribution < -0.4 is 0 Å². The summed E-state index contributed by atoms with van der Waals surface area (Å²) in [5, 5.41) is 0.642. The second kappa shape index (κ2) is 5.70. The fraction of sp³-hybridized carbons (Fsp3) is 0.467. The number of fused-ring (bicyclic) bond motifs is 1. The van der Waals surface area contributed by atoms with E-state index < -0.39 is 9.84 Å². The van der Waals surface area contributed by atoms with Gasteiger partial charge in [0, 0.05) is 12.3 Å². The molecular formula is C15H18N2O3S2. The van der Waals surface area contributed by atoms with E-state index >= 15 is 0 Å². The van der Waals surface area contributed by atoms with Crippen molar-refractivity contribution >= 4 is 32.7 Å². The second-order valence-electron chi connectivity index (χ2n) is 5.87. The van der Waals surface area contributed by atoms with Crippen molar-refractivity contribution in [2.24, 2.45) is 4.99 Å². The summed E-state index contributed by atoms with van der Waals surface area (Å²) in [6.07, 6.45) is 0.271. The lowest BCUT2D eigenvalue weighted by Crippen LogP contribution is -2.34. The van der Waals surface area contributed by atoms with Gasteiger partial charge in [0.2, 0.25) is 0 Å². The van der Waals surface area contributed by atoms with Gasteiger partial charge in [-0.25, -0.2) is 8.42 Å². The number of aryl methyl sites for hydroxylation is 1. The second-order valence-corrected chi connectivity index (χ2v) is 9.23. The van der Waals surface area contributed by atoms with Gasteiger partial charge < -0.3 is 4.90 Å². The van der Waals surface area contributed by atoms with Crippen molar-refractivity contribution in [2.75, 3.05) is 18.6 Å². The molecule has 0 radical (unpaired) electrons. The minimum Gasteiger partial charge on any atom is -0.349 e. The molecule has 0 saturated carbocycles. The molecule has 2 aliphatic rings. The third-order valence-electron chi connectivity index (χ3n) is 3.99. The first-order valence-electron chi connectivity index (χ1n) is 7.11. The van der Waals surface area contributed by atoms with Crippen LogP contribution in [-0.4, -0.2) is 54.2 Å². The van der Waals surface area contributed by atoms with Crippen molar-refractivity contribution in [2.45, 2.75) is 24.6 Å². The monoisotopic (exact) mass is 338 g/mol. The van der Waals surface area contributed by atoms with Crippen molar-refractivity contribution in [3.8, 4) is 0 Å². The van der Waals surface area contributed by atoms with Gasteiger partial charge in [0.05, 0.1) is 24.0 Å². The quantitative estimate of drug-likeness (QED) is 0.812. The summed E-state index contributed by atoms with van der Waals surface area (Å²) in [6.45, 7) is 1.99. The number of amidine groups is 1. The fourth-order valence-electron chi connectivity index (χ4n) is 2.88. The zero-order valence-corrected chi connectivity index (χ0v) is 14.2. The topological polar surface area (TPSA) is 66.8 Å². The van der Waals surface area contributed by atoms with Crippen LogP contribution >= 0.6 is 11.8 Å². The first kappa shape index (κ1) is 15.6. The maximum absolute atomic E-state index is 12.1. The van der Waals surface area contributed by atoms with Crippen LogP contribution in [0.2, 0.25) is 0 Å². The Hall–Kier alpha value is -1.34. The molecule has 1 aromatic rings. The highest BCUT2D eigenvalue weighted by molar-refractivity contribution is 8.15. The molecule has 2 heterocycles. The van der Waals surface area contributed by atoms with E-state index in [9.17, 15) is 13.2 Å². The Morgan fingerprint density at radius 2 is 2.18 bits per heavy atom.